The Morgan fingerprint density at radius 3 is 2.58 bits per heavy atom. The minimum atomic E-state index is -0.307. The maximum Gasteiger partial charge on any atom is 0.262 e. The highest BCUT2D eigenvalue weighted by Crippen LogP contribution is 2.29. The summed E-state index contributed by atoms with van der Waals surface area (Å²) in [5.74, 6) is 1.41. The first-order valence-electron chi connectivity index (χ1n) is 9.41. The molecule has 1 aliphatic carbocycles. The van der Waals surface area contributed by atoms with Crippen LogP contribution in [0.4, 0.5) is 0 Å². The van der Waals surface area contributed by atoms with Gasteiger partial charge in [-0.1, -0.05) is 25.8 Å². The fourth-order valence-electron chi connectivity index (χ4n) is 3.25. The molecule has 26 heavy (non-hydrogen) atoms. The van der Waals surface area contributed by atoms with Crippen molar-refractivity contribution < 1.29 is 14.3 Å². The smallest absolute Gasteiger partial charge is 0.262 e. The summed E-state index contributed by atoms with van der Waals surface area (Å²) in [5.41, 5.74) is 0.842. The molecule has 1 aliphatic rings. The van der Waals surface area contributed by atoms with Crippen LogP contribution in [0.1, 0.15) is 52.0 Å². The van der Waals surface area contributed by atoms with Crippen molar-refractivity contribution in [3.8, 4) is 17.6 Å². The largest absolute Gasteiger partial charge is 0.490 e. The van der Waals surface area contributed by atoms with Gasteiger partial charge < -0.3 is 14.8 Å². The van der Waals surface area contributed by atoms with Gasteiger partial charge in [0.1, 0.15) is 11.6 Å². The number of amides is 1. The van der Waals surface area contributed by atoms with Crippen molar-refractivity contribution in [3.63, 3.8) is 0 Å². The summed E-state index contributed by atoms with van der Waals surface area (Å²) in [7, 11) is 0. The molecule has 1 saturated carbocycles. The van der Waals surface area contributed by atoms with Crippen LogP contribution in [-0.4, -0.2) is 25.2 Å². The molecule has 1 aromatic rings. The second-order valence-corrected chi connectivity index (χ2v) is 6.58. The van der Waals surface area contributed by atoms with Crippen LogP contribution in [-0.2, 0) is 4.79 Å². The molecular formula is C21H28N2O3. The number of nitriles is 1. The summed E-state index contributed by atoms with van der Waals surface area (Å²) < 4.78 is 11.1. The van der Waals surface area contributed by atoms with Crippen LogP contribution in [0, 0.1) is 17.2 Å². The van der Waals surface area contributed by atoms with E-state index in [1.54, 1.807) is 18.2 Å². The summed E-state index contributed by atoms with van der Waals surface area (Å²) in [4.78, 5) is 12.5. The standard InChI is InChI=1S/C21H28N2O3/c1-4-25-19-11-10-16(13-20(19)26-5-2)12-17(14-22)21(24)23-18-9-7-6-8-15(18)3/h10-13,15,18H,4-9H2,1-3H3,(H,23,24)/b17-12+/t15-,18+/m0/s1. The number of carbonyl (C=O) groups excluding carboxylic acids is 1. The van der Waals surface area contributed by atoms with Gasteiger partial charge in [-0.2, -0.15) is 5.26 Å². The first-order chi connectivity index (χ1) is 12.6. The van der Waals surface area contributed by atoms with Gasteiger partial charge in [0, 0.05) is 6.04 Å². The molecule has 1 fully saturated rings. The van der Waals surface area contributed by atoms with Crippen molar-refractivity contribution in [2.45, 2.75) is 52.5 Å². The Labute approximate surface area is 156 Å². The van der Waals surface area contributed by atoms with E-state index in [1.807, 2.05) is 26.0 Å². The molecule has 0 aliphatic heterocycles. The second-order valence-electron chi connectivity index (χ2n) is 6.58. The van der Waals surface area contributed by atoms with Gasteiger partial charge in [-0.25, -0.2) is 0 Å². The number of hydrogen-bond acceptors (Lipinski definition) is 4. The van der Waals surface area contributed by atoms with Crippen LogP contribution in [0.3, 0.4) is 0 Å². The van der Waals surface area contributed by atoms with Gasteiger partial charge in [-0.3, -0.25) is 4.79 Å². The number of ether oxygens (including phenoxy) is 2. The van der Waals surface area contributed by atoms with Gasteiger partial charge in [-0.05, 0) is 56.4 Å². The van der Waals surface area contributed by atoms with E-state index in [9.17, 15) is 10.1 Å². The Kier molecular flexibility index (Phi) is 7.53. The predicted molar refractivity (Wildman–Crippen MR) is 102 cm³/mol. The second kappa shape index (κ2) is 9.86. The Morgan fingerprint density at radius 1 is 1.23 bits per heavy atom. The van der Waals surface area contributed by atoms with E-state index in [-0.39, 0.29) is 17.5 Å². The van der Waals surface area contributed by atoms with Gasteiger partial charge in [0.2, 0.25) is 0 Å². The zero-order chi connectivity index (χ0) is 18.9. The third kappa shape index (κ3) is 5.26. The molecule has 5 heteroatoms. The minimum absolute atomic E-state index is 0.106. The lowest BCUT2D eigenvalue weighted by Gasteiger charge is -2.29. The number of benzene rings is 1. The van der Waals surface area contributed by atoms with E-state index in [1.165, 1.54) is 6.42 Å². The molecule has 1 N–H and O–H groups in total. The molecule has 2 atom stereocenters. The molecule has 0 aromatic heterocycles. The van der Waals surface area contributed by atoms with E-state index < -0.39 is 0 Å². The van der Waals surface area contributed by atoms with Gasteiger partial charge in [-0.15, -0.1) is 0 Å². The number of rotatable bonds is 7. The van der Waals surface area contributed by atoms with E-state index >= 15 is 0 Å². The Bertz CT molecular complexity index is 691. The minimum Gasteiger partial charge on any atom is -0.490 e. The monoisotopic (exact) mass is 356 g/mol. The zero-order valence-corrected chi connectivity index (χ0v) is 15.9. The molecule has 0 heterocycles. The molecule has 0 saturated heterocycles. The van der Waals surface area contributed by atoms with Crippen molar-refractivity contribution in [3.05, 3.63) is 29.3 Å². The lowest BCUT2D eigenvalue weighted by molar-refractivity contribution is -0.118. The molecule has 1 aromatic carbocycles. The predicted octanol–water partition coefficient (Wildman–Crippen LogP) is 4.09. The average molecular weight is 356 g/mol. The van der Waals surface area contributed by atoms with Gasteiger partial charge in [0.05, 0.1) is 13.2 Å². The van der Waals surface area contributed by atoms with Crippen LogP contribution >= 0.6 is 0 Å². The van der Waals surface area contributed by atoms with E-state index in [0.717, 1.165) is 24.8 Å². The SMILES string of the molecule is CCOc1ccc(/C=C(\C#N)C(=O)N[C@@H]2CCCC[C@@H]2C)cc1OCC. The number of hydrogen-bond donors (Lipinski definition) is 1. The van der Waals surface area contributed by atoms with E-state index in [0.29, 0.717) is 30.6 Å². The van der Waals surface area contributed by atoms with Crippen molar-refractivity contribution in [1.82, 2.24) is 5.32 Å². The first-order valence-corrected chi connectivity index (χ1v) is 9.41. The summed E-state index contributed by atoms with van der Waals surface area (Å²) in [6, 6.07) is 7.59. The summed E-state index contributed by atoms with van der Waals surface area (Å²) in [6.07, 6.45) is 6.02. The molecule has 0 radical (unpaired) electrons. The Morgan fingerprint density at radius 2 is 1.92 bits per heavy atom. The van der Waals surface area contributed by atoms with E-state index in [2.05, 4.69) is 12.2 Å². The Hall–Kier alpha value is -2.48. The molecule has 1 amide bonds. The van der Waals surface area contributed by atoms with Crippen LogP contribution in [0.5, 0.6) is 11.5 Å². The van der Waals surface area contributed by atoms with Crippen LogP contribution < -0.4 is 14.8 Å². The summed E-state index contributed by atoms with van der Waals surface area (Å²) >= 11 is 0. The average Bonchev–Trinajstić information content (AvgIpc) is 2.64. The number of nitrogens with zero attached hydrogens (tertiary/aromatic N) is 1. The quantitative estimate of drug-likeness (QED) is 0.590. The maximum absolute atomic E-state index is 12.5. The molecule has 140 valence electrons. The normalized spacial score (nSPS) is 20.2. The summed E-state index contributed by atoms with van der Waals surface area (Å²) in [6.45, 7) is 7.02. The maximum atomic E-state index is 12.5. The van der Waals surface area contributed by atoms with Crippen molar-refractivity contribution in [1.29, 1.82) is 5.26 Å². The summed E-state index contributed by atoms with van der Waals surface area (Å²) in [5, 5.41) is 12.5. The molecule has 0 spiro atoms. The fourth-order valence-corrected chi connectivity index (χ4v) is 3.25. The topological polar surface area (TPSA) is 71.3 Å². The highest BCUT2D eigenvalue weighted by Gasteiger charge is 2.24. The lowest BCUT2D eigenvalue weighted by Crippen LogP contribution is -2.41. The number of nitrogens with one attached hydrogen (secondary N) is 1. The third-order valence-corrected chi connectivity index (χ3v) is 4.67. The van der Waals surface area contributed by atoms with Crippen LogP contribution in [0.15, 0.2) is 23.8 Å². The van der Waals surface area contributed by atoms with Crippen molar-refractivity contribution in [2.24, 2.45) is 5.92 Å². The lowest BCUT2D eigenvalue weighted by atomic mass is 9.86. The van der Waals surface area contributed by atoms with Crippen LogP contribution in [0.2, 0.25) is 0 Å². The Balaban J connectivity index is 2.17. The molecule has 2 rings (SSSR count). The molecule has 5 nitrogen and oxygen atoms in total. The van der Waals surface area contributed by atoms with E-state index in [4.69, 9.17) is 9.47 Å². The van der Waals surface area contributed by atoms with Gasteiger partial charge >= 0.3 is 0 Å². The number of carbonyl (C=O) groups is 1. The zero-order valence-electron chi connectivity index (χ0n) is 15.9. The highest BCUT2D eigenvalue weighted by atomic mass is 16.5. The highest BCUT2D eigenvalue weighted by molar-refractivity contribution is 6.01. The van der Waals surface area contributed by atoms with Gasteiger partial charge in [0.15, 0.2) is 11.5 Å². The molecule has 0 unspecified atom stereocenters. The van der Waals surface area contributed by atoms with Crippen molar-refractivity contribution >= 4 is 12.0 Å². The van der Waals surface area contributed by atoms with Crippen LogP contribution in [0.25, 0.3) is 6.08 Å². The van der Waals surface area contributed by atoms with Gasteiger partial charge in [0.25, 0.3) is 5.91 Å². The molecular weight excluding hydrogens is 328 g/mol. The third-order valence-electron chi connectivity index (χ3n) is 4.67. The first kappa shape index (κ1) is 19.8. The molecule has 0 bridgehead atoms. The van der Waals surface area contributed by atoms with Crippen molar-refractivity contribution in [2.75, 3.05) is 13.2 Å². The fraction of sp³-hybridized carbons (Fsp3) is 0.524.